The molecule has 2 N–H and O–H groups in total. The molecule has 0 saturated carbocycles. The Labute approximate surface area is 223 Å². The molecular formula is C30H35NO7. The Kier molecular flexibility index (Phi) is 7.99. The number of dihydropyridines is 1. The van der Waals surface area contributed by atoms with Crippen molar-refractivity contribution in [3.63, 3.8) is 0 Å². The highest BCUT2D eigenvalue weighted by Gasteiger charge is 2.42. The number of phenolic OH excluding ortho intramolecular Hbond substituents is 1. The van der Waals surface area contributed by atoms with Gasteiger partial charge >= 0.3 is 5.97 Å². The lowest BCUT2D eigenvalue weighted by Crippen LogP contribution is -2.36. The highest BCUT2D eigenvalue weighted by atomic mass is 16.5. The Morgan fingerprint density at radius 1 is 1.03 bits per heavy atom. The van der Waals surface area contributed by atoms with Gasteiger partial charge in [-0.1, -0.05) is 12.1 Å². The summed E-state index contributed by atoms with van der Waals surface area (Å²) >= 11 is 0. The van der Waals surface area contributed by atoms with E-state index in [1.54, 1.807) is 40.2 Å². The number of methoxy groups -OCH3 is 2. The summed E-state index contributed by atoms with van der Waals surface area (Å²) in [6.07, 6.45) is 0.524. The van der Waals surface area contributed by atoms with Gasteiger partial charge in [-0.05, 0) is 75.4 Å². The average molecular weight is 522 g/mol. The predicted octanol–water partition coefficient (Wildman–Crippen LogP) is 5.12. The van der Waals surface area contributed by atoms with Gasteiger partial charge in [-0.25, -0.2) is 4.79 Å². The van der Waals surface area contributed by atoms with Crippen LogP contribution in [0.5, 0.6) is 23.0 Å². The molecule has 8 heteroatoms. The molecule has 0 bridgehead atoms. The normalized spacial score (nSPS) is 19.2. The molecule has 0 aromatic heterocycles. The van der Waals surface area contributed by atoms with Crippen molar-refractivity contribution < 1.29 is 33.6 Å². The zero-order chi connectivity index (χ0) is 27.6. The van der Waals surface area contributed by atoms with Crippen LogP contribution in [0.15, 0.2) is 58.9 Å². The number of ketones is 1. The van der Waals surface area contributed by atoms with Crippen molar-refractivity contribution in [2.24, 2.45) is 0 Å². The molecule has 1 aliphatic carbocycles. The molecule has 202 valence electrons. The number of carbonyl (C=O) groups is 2. The van der Waals surface area contributed by atoms with E-state index in [1.165, 1.54) is 6.07 Å². The van der Waals surface area contributed by atoms with Crippen molar-refractivity contribution in [2.45, 2.75) is 58.5 Å². The predicted molar refractivity (Wildman–Crippen MR) is 143 cm³/mol. The topological polar surface area (TPSA) is 103 Å². The molecule has 1 aliphatic heterocycles. The lowest BCUT2D eigenvalue weighted by atomic mass is 9.71. The Morgan fingerprint density at radius 3 is 2.37 bits per heavy atom. The van der Waals surface area contributed by atoms with E-state index in [0.717, 1.165) is 11.3 Å². The van der Waals surface area contributed by atoms with Crippen LogP contribution in [0, 0.1) is 0 Å². The van der Waals surface area contributed by atoms with Crippen molar-refractivity contribution in [1.82, 2.24) is 5.32 Å². The number of ether oxygens (including phenoxy) is 4. The zero-order valence-corrected chi connectivity index (χ0v) is 22.7. The maximum absolute atomic E-state index is 13.8. The summed E-state index contributed by atoms with van der Waals surface area (Å²) < 4.78 is 22.0. The number of benzene rings is 2. The van der Waals surface area contributed by atoms with Crippen molar-refractivity contribution in [1.29, 1.82) is 0 Å². The molecule has 4 rings (SSSR count). The van der Waals surface area contributed by atoms with E-state index in [-0.39, 0.29) is 30.0 Å². The number of hydrogen-bond acceptors (Lipinski definition) is 8. The van der Waals surface area contributed by atoms with Gasteiger partial charge in [-0.15, -0.1) is 0 Å². The second-order valence-corrected chi connectivity index (χ2v) is 9.75. The molecule has 38 heavy (non-hydrogen) atoms. The SMILES string of the molecule is CCOc1cc([C@H]2C(C(=O)OC(C)C)=C(C)NC3=C2C(=O)C[C@H](c2ccc(OC)c(OC)c2)C3)ccc1O. The fourth-order valence-electron chi connectivity index (χ4n) is 5.24. The molecule has 2 atom stereocenters. The molecule has 0 saturated heterocycles. The summed E-state index contributed by atoms with van der Waals surface area (Å²) in [5, 5.41) is 13.7. The van der Waals surface area contributed by atoms with Crippen LogP contribution in [-0.2, 0) is 14.3 Å². The Morgan fingerprint density at radius 2 is 1.71 bits per heavy atom. The number of rotatable bonds is 8. The van der Waals surface area contributed by atoms with Crippen molar-refractivity contribution in [3.8, 4) is 23.0 Å². The van der Waals surface area contributed by atoms with E-state index in [4.69, 9.17) is 18.9 Å². The lowest BCUT2D eigenvalue weighted by Gasteiger charge is -2.37. The maximum atomic E-state index is 13.8. The van der Waals surface area contributed by atoms with Crippen LogP contribution in [0.25, 0.3) is 0 Å². The fraction of sp³-hybridized carbons (Fsp3) is 0.400. The van der Waals surface area contributed by atoms with Gasteiger partial charge in [0.1, 0.15) is 0 Å². The summed E-state index contributed by atoms with van der Waals surface area (Å²) in [5.41, 5.74) is 3.96. The van der Waals surface area contributed by atoms with E-state index in [0.29, 0.717) is 52.7 Å². The van der Waals surface area contributed by atoms with E-state index in [1.807, 2.05) is 32.0 Å². The summed E-state index contributed by atoms with van der Waals surface area (Å²) in [6, 6.07) is 10.7. The highest BCUT2D eigenvalue weighted by Crippen LogP contribution is 2.47. The first-order valence-corrected chi connectivity index (χ1v) is 12.8. The first kappa shape index (κ1) is 27.1. The molecule has 0 spiro atoms. The summed E-state index contributed by atoms with van der Waals surface area (Å²) in [6.45, 7) is 7.59. The largest absolute Gasteiger partial charge is 0.504 e. The molecule has 0 amide bonds. The van der Waals surface area contributed by atoms with Gasteiger partial charge < -0.3 is 29.4 Å². The number of carbonyl (C=O) groups excluding carboxylic acids is 2. The van der Waals surface area contributed by atoms with E-state index >= 15 is 0 Å². The molecule has 2 aliphatic rings. The molecular weight excluding hydrogens is 486 g/mol. The molecule has 0 radical (unpaired) electrons. The van der Waals surface area contributed by atoms with Gasteiger partial charge in [0.15, 0.2) is 28.8 Å². The Bertz CT molecular complexity index is 1310. The maximum Gasteiger partial charge on any atom is 0.337 e. The number of allylic oxidation sites excluding steroid dienone is 3. The van der Waals surface area contributed by atoms with Crippen LogP contribution >= 0.6 is 0 Å². The number of aromatic hydroxyl groups is 1. The van der Waals surface area contributed by atoms with Crippen molar-refractivity contribution >= 4 is 11.8 Å². The molecule has 0 fully saturated rings. The van der Waals surface area contributed by atoms with Crippen molar-refractivity contribution in [2.75, 3.05) is 20.8 Å². The summed E-state index contributed by atoms with van der Waals surface area (Å²) in [5.74, 6) is 0.244. The van der Waals surface area contributed by atoms with Crippen LogP contribution in [0.2, 0.25) is 0 Å². The first-order valence-electron chi connectivity index (χ1n) is 12.8. The quantitative estimate of drug-likeness (QED) is 0.462. The number of Topliss-reactive ketones (excluding diaryl/α,β-unsaturated/α-hetero) is 1. The van der Waals surface area contributed by atoms with Crippen LogP contribution in [0.1, 0.15) is 63.5 Å². The van der Waals surface area contributed by atoms with E-state index in [9.17, 15) is 14.7 Å². The van der Waals surface area contributed by atoms with Crippen LogP contribution in [0.4, 0.5) is 0 Å². The second kappa shape index (κ2) is 11.2. The molecule has 2 aromatic rings. The van der Waals surface area contributed by atoms with Crippen LogP contribution < -0.4 is 19.5 Å². The minimum absolute atomic E-state index is 0.00534. The minimum Gasteiger partial charge on any atom is -0.504 e. The monoisotopic (exact) mass is 521 g/mol. The zero-order valence-electron chi connectivity index (χ0n) is 22.7. The molecule has 1 heterocycles. The minimum atomic E-state index is -0.656. The lowest BCUT2D eigenvalue weighted by molar-refractivity contribution is -0.143. The van der Waals surface area contributed by atoms with Crippen molar-refractivity contribution in [3.05, 3.63) is 70.1 Å². The summed E-state index contributed by atoms with van der Waals surface area (Å²) in [4.78, 5) is 27.2. The van der Waals surface area contributed by atoms with E-state index in [2.05, 4.69) is 5.32 Å². The number of hydrogen-bond donors (Lipinski definition) is 2. The third-order valence-corrected chi connectivity index (χ3v) is 6.89. The van der Waals surface area contributed by atoms with Crippen LogP contribution in [-0.4, -0.2) is 43.8 Å². The highest BCUT2D eigenvalue weighted by molar-refractivity contribution is 6.04. The van der Waals surface area contributed by atoms with Gasteiger partial charge in [0, 0.05) is 29.3 Å². The standard InChI is InChI=1S/C30H35NO7/c1-7-37-25-15-19(8-10-22(25)32)28-27(30(34)38-16(2)3)17(4)31-21-12-20(13-23(33)29(21)28)18-9-11-24(35-5)26(14-18)36-6/h8-11,14-16,20,28,31-32H,7,12-13H2,1-6H3/t20-,28+/m1/s1. The first-order chi connectivity index (χ1) is 18.2. The third-order valence-electron chi connectivity index (χ3n) is 6.89. The van der Waals surface area contributed by atoms with E-state index < -0.39 is 11.9 Å². The van der Waals surface area contributed by atoms with Gasteiger partial charge in [-0.3, -0.25) is 4.79 Å². The number of nitrogens with one attached hydrogen (secondary N) is 1. The van der Waals surface area contributed by atoms with Gasteiger partial charge in [0.2, 0.25) is 0 Å². The average Bonchev–Trinajstić information content (AvgIpc) is 2.88. The summed E-state index contributed by atoms with van der Waals surface area (Å²) in [7, 11) is 3.17. The molecule has 2 aromatic carbocycles. The fourth-order valence-corrected chi connectivity index (χ4v) is 5.24. The Hall–Kier alpha value is -3.94. The molecule has 0 unspecified atom stereocenters. The van der Waals surface area contributed by atoms with Gasteiger partial charge in [0.05, 0.1) is 32.5 Å². The Balaban J connectivity index is 1.80. The second-order valence-electron chi connectivity index (χ2n) is 9.75. The third kappa shape index (κ3) is 5.21. The van der Waals surface area contributed by atoms with Crippen LogP contribution in [0.3, 0.4) is 0 Å². The molecule has 8 nitrogen and oxygen atoms in total. The smallest absolute Gasteiger partial charge is 0.337 e. The van der Waals surface area contributed by atoms with Gasteiger partial charge in [0.25, 0.3) is 0 Å². The van der Waals surface area contributed by atoms with Gasteiger partial charge in [-0.2, -0.15) is 0 Å². The number of esters is 1. The number of phenols is 1.